The number of halogens is 1. The van der Waals surface area contributed by atoms with Crippen LogP contribution >= 0.6 is 0 Å². The van der Waals surface area contributed by atoms with Crippen molar-refractivity contribution in [3.63, 3.8) is 0 Å². The molecule has 3 unspecified atom stereocenters. The molecule has 1 aromatic rings. The fraction of sp³-hybridized carbons (Fsp3) is 0.667. The maximum absolute atomic E-state index is 14.6. The summed E-state index contributed by atoms with van der Waals surface area (Å²) in [5.41, 5.74) is 9.04. The first-order valence-corrected chi connectivity index (χ1v) is 7.81. The van der Waals surface area contributed by atoms with Crippen molar-refractivity contribution in [2.24, 2.45) is 23.5 Å². The van der Waals surface area contributed by atoms with Crippen molar-refractivity contribution in [3.8, 4) is 0 Å². The number of rotatable bonds is 2. The van der Waals surface area contributed by atoms with Crippen LogP contribution in [0.15, 0.2) is 12.1 Å². The van der Waals surface area contributed by atoms with E-state index in [0.717, 1.165) is 29.5 Å². The number of nitrogens with two attached hydrogens (primary N) is 1. The van der Waals surface area contributed by atoms with Crippen LogP contribution in [0.1, 0.15) is 56.7 Å². The maximum atomic E-state index is 14.6. The topological polar surface area (TPSA) is 26.0 Å². The minimum Gasteiger partial charge on any atom is -0.321 e. The third-order valence-electron chi connectivity index (χ3n) is 5.02. The summed E-state index contributed by atoms with van der Waals surface area (Å²) in [5.74, 6) is 1.28. The van der Waals surface area contributed by atoms with Gasteiger partial charge in [0.25, 0.3) is 0 Å². The number of aryl methyl sites for hydroxylation is 2. The van der Waals surface area contributed by atoms with Crippen LogP contribution in [0.5, 0.6) is 0 Å². The first kappa shape index (κ1) is 15.5. The zero-order valence-corrected chi connectivity index (χ0v) is 13.5. The summed E-state index contributed by atoms with van der Waals surface area (Å²) in [6, 6.07) is 3.69. The van der Waals surface area contributed by atoms with E-state index in [1.54, 1.807) is 6.07 Å². The number of benzene rings is 1. The molecule has 1 aliphatic carbocycles. The van der Waals surface area contributed by atoms with Crippen LogP contribution in [0.2, 0.25) is 0 Å². The van der Waals surface area contributed by atoms with Gasteiger partial charge in [-0.25, -0.2) is 4.39 Å². The lowest BCUT2D eigenvalue weighted by Gasteiger charge is -2.47. The summed E-state index contributed by atoms with van der Waals surface area (Å²) in [4.78, 5) is 0. The van der Waals surface area contributed by atoms with Gasteiger partial charge >= 0.3 is 0 Å². The highest BCUT2D eigenvalue weighted by Crippen LogP contribution is 2.47. The summed E-state index contributed by atoms with van der Waals surface area (Å²) in [7, 11) is 0. The molecule has 0 aromatic heterocycles. The summed E-state index contributed by atoms with van der Waals surface area (Å²) in [6.07, 6.45) is 3.19. The summed E-state index contributed by atoms with van der Waals surface area (Å²) >= 11 is 0. The van der Waals surface area contributed by atoms with Crippen molar-refractivity contribution >= 4 is 0 Å². The SMILES string of the molecule is Cc1cc(C)c(C2(N)CC(C)CCC2C(C)C)c(F)c1. The number of hydrogen-bond donors (Lipinski definition) is 1. The lowest BCUT2D eigenvalue weighted by atomic mass is 9.62. The fourth-order valence-corrected chi connectivity index (χ4v) is 4.27. The smallest absolute Gasteiger partial charge is 0.128 e. The molecule has 112 valence electrons. The molecule has 2 heteroatoms. The van der Waals surface area contributed by atoms with Gasteiger partial charge in [-0.3, -0.25) is 0 Å². The highest BCUT2D eigenvalue weighted by molar-refractivity contribution is 5.38. The molecule has 0 radical (unpaired) electrons. The van der Waals surface area contributed by atoms with Gasteiger partial charge in [-0.1, -0.05) is 33.3 Å². The minimum atomic E-state index is -0.520. The molecule has 1 saturated carbocycles. The lowest BCUT2D eigenvalue weighted by molar-refractivity contribution is 0.104. The zero-order chi connectivity index (χ0) is 15.1. The molecule has 0 spiro atoms. The average Bonchev–Trinajstić information content (AvgIpc) is 2.25. The molecular weight excluding hydrogens is 249 g/mol. The van der Waals surface area contributed by atoms with Gasteiger partial charge in [-0.05, 0) is 61.6 Å². The molecule has 1 aliphatic rings. The highest BCUT2D eigenvalue weighted by Gasteiger charge is 2.44. The van der Waals surface area contributed by atoms with Crippen LogP contribution < -0.4 is 5.73 Å². The Balaban J connectivity index is 2.56. The van der Waals surface area contributed by atoms with E-state index in [1.807, 2.05) is 13.8 Å². The second-order valence-electron chi connectivity index (χ2n) is 7.22. The second-order valence-corrected chi connectivity index (χ2v) is 7.22. The van der Waals surface area contributed by atoms with Crippen LogP contribution in [0.25, 0.3) is 0 Å². The summed E-state index contributed by atoms with van der Waals surface area (Å²) in [5, 5.41) is 0. The summed E-state index contributed by atoms with van der Waals surface area (Å²) in [6.45, 7) is 10.6. The second kappa shape index (κ2) is 5.48. The number of hydrogen-bond acceptors (Lipinski definition) is 1. The lowest BCUT2D eigenvalue weighted by Crippen LogP contribution is -2.51. The molecule has 1 fully saturated rings. The zero-order valence-electron chi connectivity index (χ0n) is 13.5. The van der Waals surface area contributed by atoms with Gasteiger partial charge in [0.1, 0.15) is 5.82 Å². The monoisotopic (exact) mass is 277 g/mol. The van der Waals surface area contributed by atoms with E-state index in [4.69, 9.17) is 5.73 Å². The van der Waals surface area contributed by atoms with E-state index in [9.17, 15) is 4.39 Å². The van der Waals surface area contributed by atoms with Crippen molar-refractivity contribution in [2.75, 3.05) is 0 Å². The van der Waals surface area contributed by atoms with Crippen LogP contribution in [0, 0.1) is 37.4 Å². The Kier molecular flexibility index (Phi) is 4.24. The largest absolute Gasteiger partial charge is 0.321 e. The molecule has 1 aromatic carbocycles. The van der Waals surface area contributed by atoms with E-state index in [2.05, 4.69) is 26.8 Å². The predicted octanol–water partition coefficient (Wildman–Crippen LogP) is 4.69. The van der Waals surface area contributed by atoms with Gasteiger partial charge in [-0.15, -0.1) is 0 Å². The van der Waals surface area contributed by atoms with E-state index >= 15 is 0 Å². The summed E-state index contributed by atoms with van der Waals surface area (Å²) < 4.78 is 14.6. The van der Waals surface area contributed by atoms with Gasteiger partial charge in [0.05, 0.1) is 0 Å². The quantitative estimate of drug-likeness (QED) is 0.834. The molecule has 0 bridgehead atoms. The van der Waals surface area contributed by atoms with Gasteiger partial charge in [0.15, 0.2) is 0 Å². The van der Waals surface area contributed by atoms with Crippen molar-refractivity contribution in [3.05, 3.63) is 34.6 Å². The standard InChI is InChI=1S/C18H28FN/c1-11(2)15-7-6-12(3)10-18(15,20)17-14(5)8-13(4)9-16(17)19/h8-9,11-12,15H,6-7,10,20H2,1-5H3. The highest BCUT2D eigenvalue weighted by atomic mass is 19.1. The Morgan fingerprint density at radius 1 is 1.25 bits per heavy atom. The molecular formula is C18H28FN. The van der Waals surface area contributed by atoms with Gasteiger partial charge in [0, 0.05) is 11.1 Å². The van der Waals surface area contributed by atoms with Gasteiger partial charge in [0.2, 0.25) is 0 Å². The molecule has 0 saturated heterocycles. The third-order valence-corrected chi connectivity index (χ3v) is 5.02. The molecule has 0 heterocycles. The van der Waals surface area contributed by atoms with E-state index in [-0.39, 0.29) is 5.82 Å². The van der Waals surface area contributed by atoms with Crippen LogP contribution in [0.3, 0.4) is 0 Å². The molecule has 3 atom stereocenters. The Bertz CT molecular complexity index is 471. The molecule has 20 heavy (non-hydrogen) atoms. The van der Waals surface area contributed by atoms with Gasteiger partial charge in [-0.2, -0.15) is 0 Å². The van der Waals surface area contributed by atoms with Gasteiger partial charge < -0.3 is 5.73 Å². The van der Waals surface area contributed by atoms with Crippen LogP contribution in [0.4, 0.5) is 4.39 Å². The molecule has 2 N–H and O–H groups in total. The fourth-order valence-electron chi connectivity index (χ4n) is 4.27. The average molecular weight is 277 g/mol. The first-order valence-electron chi connectivity index (χ1n) is 7.81. The molecule has 2 rings (SSSR count). The van der Waals surface area contributed by atoms with E-state index in [1.165, 1.54) is 6.42 Å². The normalized spacial score (nSPS) is 30.8. The third kappa shape index (κ3) is 2.63. The van der Waals surface area contributed by atoms with Crippen molar-refractivity contribution in [1.82, 2.24) is 0 Å². The van der Waals surface area contributed by atoms with E-state index in [0.29, 0.717) is 17.8 Å². The molecule has 0 amide bonds. The van der Waals surface area contributed by atoms with Crippen LogP contribution in [-0.4, -0.2) is 0 Å². The Morgan fingerprint density at radius 3 is 2.45 bits per heavy atom. The molecule has 1 nitrogen and oxygen atoms in total. The Morgan fingerprint density at radius 2 is 1.90 bits per heavy atom. The van der Waals surface area contributed by atoms with E-state index < -0.39 is 5.54 Å². The van der Waals surface area contributed by atoms with Crippen molar-refractivity contribution in [2.45, 2.75) is 59.4 Å². The predicted molar refractivity (Wildman–Crippen MR) is 83.1 cm³/mol. The first-order chi connectivity index (χ1) is 9.25. The maximum Gasteiger partial charge on any atom is 0.128 e. The van der Waals surface area contributed by atoms with Crippen LogP contribution in [-0.2, 0) is 5.54 Å². The minimum absolute atomic E-state index is 0.121. The Labute approximate surface area is 122 Å². The van der Waals surface area contributed by atoms with Crippen molar-refractivity contribution in [1.29, 1.82) is 0 Å². The van der Waals surface area contributed by atoms with Crippen molar-refractivity contribution < 1.29 is 4.39 Å². The molecule has 0 aliphatic heterocycles. The Hall–Kier alpha value is -0.890.